The first-order valence-electron chi connectivity index (χ1n) is 5.56. The van der Waals surface area contributed by atoms with Gasteiger partial charge in [0.2, 0.25) is 0 Å². The van der Waals surface area contributed by atoms with Crippen molar-refractivity contribution >= 4 is 17.4 Å². The fraction of sp³-hybridized carbons (Fsp3) is 0.636. The Hall–Kier alpha value is -0.870. The molecule has 16 heavy (non-hydrogen) atoms. The Labute approximate surface area is 100 Å². The highest BCUT2D eigenvalue weighted by Crippen LogP contribution is 2.37. The van der Waals surface area contributed by atoms with Gasteiger partial charge in [0.15, 0.2) is 0 Å². The van der Waals surface area contributed by atoms with Gasteiger partial charge in [0.1, 0.15) is 17.2 Å². The molecule has 1 aliphatic carbocycles. The zero-order valence-electron chi connectivity index (χ0n) is 9.12. The molecule has 0 aromatic carbocycles. The molecule has 0 amide bonds. The molecule has 4 nitrogen and oxygen atoms in total. The monoisotopic (exact) mass is 241 g/mol. The molecule has 1 aromatic rings. The lowest BCUT2D eigenvalue weighted by Crippen LogP contribution is -2.30. The molecular formula is C11H16ClN3O. The number of aromatic nitrogens is 2. The second-order valence-electron chi connectivity index (χ2n) is 4.44. The standard InChI is InChI=1S/C11H16ClN3O/c12-9-5-13-8-15-10(9)14-6-11(7-16)3-1-2-4-11/h5,8,16H,1-4,6-7H2,(H,13,14,15). The van der Waals surface area contributed by atoms with E-state index in [4.69, 9.17) is 11.6 Å². The summed E-state index contributed by atoms with van der Waals surface area (Å²) in [5, 5.41) is 13.2. The summed E-state index contributed by atoms with van der Waals surface area (Å²) in [5.41, 5.74) is 0.00821. The van der Waals surface area contributed by atoms with Crippen molar-refractivity contribution in [3.63, 3.8) is 0 Å². The van der Waals surface area contributed by atoms with Crippen LogP contribution in [0.15, 0.2) is 12.5 Å². The molecule has 2 rings (SSSR count). The molecule has 1 aliphatic rings. The number of rotatable bonds is 4. The number of nitrogens with one attached hydrogen (secondary N) is 1. The van der Waals surface area contributed by atoms with E-state index in [-0.39, 0.29) is 12.0 Å². The first kappa shape index (κ1) is 11.6. The van der Waals surface area contributed by atoms with Crippen molar-refractivity contribution in [2.45, 2.75) is 25.7 Å². The second kappa shape index (κ2) is 4.97. The average Bonchev–Trinajstić information content (AvgIpc) is 2.78. The van der Waals surface area contributed by atoms with Crippen molar-refractivity contribution in [2.24, 2.45) is 5.41 Å². The predicted octanol–water partition coefficient (Wildman–Crippen LogP) is 2.09. The molecule has 0 radical (unpaired) electrons. The highest BCUT2D eigenvalue weighted by Gasteiger charge is 2.33. The molecule has 1 heterocycles. The fourth-order valence-corrected chi connectivity index (χ4v) is 2.40. The molecule has 1 saturated carbocycles. The lowest BCUT2D eigenvalue weighted by atomic mass is 9.87. The summed E-state index contributed by atoms with van der Waals surface area (Å²) in [5.74, 6) is 0.649. The summed E-state index contributed by atoms with van der Waals surface area (Å²) in [7, 11) is 0. The number of aliphatic hydroxyl groups excluding tert-OH is 1. The third-order valence-corrected chi connectivity index (χ3v) is 3.57. The Morgan fingerprint density at radius 2 is 2.19 bits per heavy atom. The summed E-state index contributed by atoms with van der Waals surface area (Å²) in [6.07, 6.45) is 7.56. The van der Waals surface area contributed by atoms with Crippen LogP contribution in [0, 0.1) is 5.41 Å². The van der Waals surface area contributed by atoms with Gasteiger partial charge in [-0.05, 0) is 12.8 Å². The molecule has 0 bridgehead atoms. The van der Waals surface area contributed by atoms with Crippen LogP contribution >= 0.6 is 11.6 Å². The Balaban J connectivity index is 1.98. The molecular weight excluding hydrogens is 226 g/mol. The van der Waals surface area contributed by atoms with Gasteiger partial charge < -0.3 is 10.4 Å². The van der Waals surface area contributed by atoms with Gasteiger partial charge in [-0.25, -0.2) is 9.97 Å². The highest BCUT2D eigenvalue weighted by molar-refractivity contribution is 6.32. The molecule has 0 aliphatic heterocycles. The first-order valence-corrected chi connectivity index (χ1v) is 5.94. The van der Waals surface area contributed by atoms with Gasteiger partial charge in [-0.3, -0.25) is 0 Å². The molecule has 88 valence electrons. The largest absolute Gasteiger partial charge is 0.396 e. The maximum absolute atomic E-state index is 9.46. The number of anilines is 1. The Bertz CT molecular complexity index is 353. The van der Waals surface area contributed by atoms with Crippen LogP contribution in [0.25, 0.3) is 0 Å². The van der Waals surface area contributed by atoms with E-state index in [2.05, 4.69) is 15.3 Å². The Morgan fingerprint density at radius 1 is 1.44 bits per heavy atom. The lowest BCUT2D eigenvalue weighted by molar-refractivity contribution is 0.142. The molecule has 0 unspecified atom stereocenters. The quantitative estimate of drug-likeness (QED) is 0.848. The van der Waals surface area contributed by atoms with Crippen LogP contribution in [0.4, 0.5) is 5.82 Å². The molecule has 1 aromatic heterocycles. The number of hydrogen-bond donors (Lipinski definition) is 2. The summed E-state index contributed by atoms with van der Waals surface area (Å²) >= 11 is 5.95. The maximum Gasteiger partial charge on any atom is 0.148 e. The zero-order valence-corrected chi connectivity index (χ0v) is 9.87. The summed E-state index contributed by atoms with van der Waals surface area (Å²) in [6, 6.07) is 0. The molecule has 0 spiro atoms. The summed E-state index contributed by atoms with van der Waals surface area (Å²) in [4.78, 5) is 7.90. The van der Waals surface area contributed by atoms with Crippen LogP contribution in [-0.4, -0.2) is 28.2 Å². The van der Waals surface area contributed by atoms with Gasteiger partial charge in [-0.15, -0.1) is 0 Å². The number of halogens is 1. The molecule has 0 saturated heterocycles. The van der Waals surface area contributed by atoms with E-state index in [0.717, 1.165) is 19.4 Å². The van der Waals surface area contributed by atoms with Crippen molar-refractivity contribution in [3.8, 4) is 0 Å². The smallest absolute Gasteiger partial charge is 0.148 e. The predicted molar refractivity (Wildman–Crippen MR) is 63.5 cm³/mol. The third-order valence-electron chi connectivity index (χ3n) is 3.30. The fourth-order valence-electron chi connectivity index (χ4n) is 2.23. The van der Waals surface area contributed by atoms with E-state index in [0.29, 0.717) is 10.8 Å². The van der Waals surface area contributed by atoms with Crippen molar-refractivity contribution in [2.75, 3.05) is 18.5 Å². The summed E-state index contributed by atoms with van der Waals surface area (Å²) < 4.78 is 0. The normalized spacial score (nSPS) is 18.6. The SMILES string of the molecule is OCC1(CNc2ncncc2Cl)CCCC1. The first-order chi connectivity index (χ1) is 7.76. The topological polar surface area (TPSA) is 58.0 Å². The van der Waals surface area contributed by atoms with Crippen LogP contribution in [0.5, 0.6) is 0 Å². The highest BCUT2D eigenvalue weighted by atomic mass is 35.5. The van der Waals surface area contributed by atoms with E-state index in [1.54, 1.807) is 6.20 Å². The molecule has 2 N–H and O–H groups in total. The van der Waals surface area contributed by atoms with Crippen molar-refractivity contribution in [1.82, 2.24) is 9.97 Å². The van der Waals surface area contributed by atoms with Crippen LogP contribution in [0.1, 0.15) is 25.7 Å². The lowest BCUT2D eigenvalue weighted by Gasteiger charge is -2.26. The van der Waals surface area contributed by atoms with Gasteiger partial charge in [-0.2, -0.15) is 0 Å². The number of nitrogens with zero attached hydrogens (tertiary/aromatic N) is 2. The van der Waals surface area contributed by atoms with E-state index in [9.17, 15) is 5.11 Å². The second-order valence-corrected chi connectivity index (χ2v) is 4.85. The molecule has 1 fully saturated rings. The third kappa shape index (κ3) is 2.44. The number of hydrogen-bond acceptors (Lipinski definition) is 4. The minimum atomic E-state index is 0.00821. The van der Waals surface area contributed by atoms with E-state index in [1.807, 2.05) is 0 Å². The van der Waals surface area contributed by atoms with Crippen LogP contribution < -0.4 is 5.32 Å². The van der Waals surface area contributed by atoms with Gasteiger partial charge >= 0.3 is 0 Å². The van der Waals surface area contributed by atoms with E-state index < -0.39 is 0 Å². The van der Waals surface area contributed by atoms with Gasteiger partial charge in [0, 0.05) is 12.0 Å². The van der Waals surface area contributed by atoms with Crippen molar-refractivity contribution < 1.29 is 5.11 Å². The number of aliphatic hydroxyl groups is 1. The van der Waals surface area contributed by atoms with Crippen molar-refractivity contribution in [1.29, 1.82) is 0 Å². The average molecular weight is 242 g/mol. The van der Waals surface area contributed by atoms with Crippen molar-refractivity contribution in [3.05, 3.63) is 17.5 Å². The Kier molecular flexibility index (Phi) is 3.61. The van der Waals surface area contributed by atoms with Gasteiger partial charge in [0.05, 0.1) is 12.8 Å². The van der Waals surface area contributed by atoms with E-state index >= 15 is 0 Å². The zero-order chi connectivity index (χ0) is 11.4. The minimum absolute atomic E-state index is 0.00821. The molecule has 5 heteroatoms. The summed E-state index contributed by atoms with van der Waals surface area (Å²) in [6.45, 7) is 0.947. The van der Waals surface area contributed by atoms with Crippen LogP contribution in [-0.2, 0) is 0 Å². The van der Waals surface area contributed by atoms with Crippen LogP contribution in [0.3, 0.4) is 0 Å². The van der Waals surface area contributed by atoms with Gasteiger partial charge in [-0.1, -0.05) is 24.4 Å². The van der Waals surface area contributed by atoms with Gasteiger partial charge in [0.25, 0.3) is 0 Å². The Morgan fingerprint density at radius 3 is 2.81 bits per heavy atom. The molecule has 0 atom stereocenters. The van der Waals surface area contributed by atoms with E-state index in [1.165, 1.54) is 19.2 Å². The maximum atomic E-state index is 9.46. The minimum Gasteiger partial charge on any atom is -0.396 e. The van der Waals surface area contributed by atoms with Crippen LogP contribution in [0.2, 0.25) is 5.02 Å².